The summed E-state index contributed by atoms with van der Waals surface area (Å²) in [7, 11) is 0. The minimum Gasteiger partial charge on any atom is -0.462 e. The standard InChI is InChI=1S/C26H34N2O3/c1-3-10-23(22-11-6-7-12-24(22)28-17-8-5-9-18-28)27-25(29)19-20-13-15-21(16-14-20)26(30)31-4-2/h6-7,11-16,23H,3-5,8-10,17-19H2,1-2H3,(H,27,29)/t23-/m0/s1. The highest BCUT2D eigenvalue weighted by molar-refractivity contribution is 5.89. The number of piperidine rings is 1. The first-order valence-corrected chi connectivity index (χ1v) is 11.5. The summed E-state index contributed by atoms with van der Waals surface area (Å²) in [6.07, 6.45) is 5.92. The van der Waals surface area contributed by atoms with Gasteiger partial charge in [-0.2, -0.15) is 0 Å². The summed E-state index contributed by atoms with van der Waals surface area (Å²) in [4.78, 5) is 27.1. The fourth-order valence-corrected chi connectivity index (χ4v) is 4.20. The monoisotopic (exact) mass is 422 g/mol. The first-order chi connectivity index (χ1) is 15.1. The number of rotatable bonds is 9. The van der Waals surface area contributed by atoms with E-state index in [2.05, 4.69) is 41.4 Å². The number of benzene rings is 2. The molecule has 2 aromatic carbocycles. The van der Waals surface area contributed by atoms with Crippen molar-refractivity contribution in [3.8, 4) is 0 Å². The maximum atomic E-state index is 12.9. The molecule has 5 nitrogen and oxygen atoms in total. The lowest BCUT2D eigenvalue weighted by Gasteiger charge is -2.32. The van der Waals surface area contributed by atoms with Crippen molar-refractivity contribution in [1.29, 1.82) is 0 Å². The lowest BCUT2D eigenvalue weighted by Crippen LogP contribution is -2.34. The molecule has 3 rings (SSSR count). The number of nitrogens with one attached hydrogen (secondary N) is 1. The molecular formula is C26H34N2O3. The van der Waals surface area contributed by atoms with Gasteiger partial charge in [0.25, 0.3) is 0 Å². The van der Waals surface area contributed by atoms with Gasteiger partial charge in [0, 0.05) is 18.8 Å². The molecule has 0 radical (unpaired) electrons. The van der Waals surface area contributed by atoms with Crippen LogP contribution in [0, 0.1) is 0 Å². The fraction of sp³-hybridized carbons (Fsp3) is 0.462. The van der Waals surface area contributed by atoms with Gasteiger partial charge >= 0.3 is 5.97 Å². The number of hydrogen-bond acceptors (Lipinski definition) is 4. The molecule has 1 aliphatic heterocycles. The lowest BCUT2D eigenvalue weighted by atomic mass is 9.98. The SMILES string of the molecule is CCC[C@H](NC(=O)Cc1ccc(C(=O)OCC)cc1)c1ccccc1N1CCCCC1. The highest BCUT2D eigenvalue weighted by atomic mass is 16.5. The third-order valence-electron chi connectivity index (χ3n) is 5.75. The van der Waals surface area contributed by atoms with E-state index in [4.69, 9.17) is 4.74 Å². The van der Waals surface area contributed by atoms with Crippen molar-refractivity contribution < 1.29 is 14.3 Å². The maximum Gasteiger partial charge on any atom is 0.338 e. The molecule has 0 aromatic heterocycles. The molecule has 2 aromatic rings. The third-order valence-corrected chi connectivity index (χ3v) is 5.75. The molecule has 1 heterocycles. The molecular weight excluding hydrogens is 388 g/mol. The number of hydrogen-bond donors (Lipinski definition) is 1. The fourth-order valence-electron chi connectivity index (χ4n) is 4.20. The molecule has 0 aliphatic carbocycles. The summed E-state index contributed by atoms with van der Waals surface area (Å²) >= 11 is 0. The van der Waals surface area contributed by atoms with Crippen molar-refractivity contribution in [1.82, 2.24) is 5.32 Å². The van der Waals surface area contributed by atoms with Crippen molar-refractivity contribution in [2.45, 2.75) is 58.4 Å². The third kappa shape index (κ3) is 6.33. The molecule has 0 unspecified atom stereocenters. The van der Waals surface area contributed by atoms with Crippen LogP contribution < -0.4 is 10.2 Å². The summed E-state index contributed by atoms with van der Waals surface area (Å²) in [6, 6.07) is 15.6. The van der Waals surface area contributed by atoms with Gasteiger partial charge in [-0.3, -0.25) is 4.79 Å². The van der Waals surface area contributed by atoms with Gasteiger partial charge in [0.1, 0.15) is 0 Å². The number of carbonyl (C=O) groups excluding carboxylic acids is 2. The minimum atomic E-state index is -0.337. The lowest BCUT2D eigenvalue weighted by molar-refractivity contribution is -0.121. The normalized spacial score (nSPS) is 14.7. The Labute approximate surface area is 185 Å². The van der Waals surface area contributed by atoms with Crippen molar-refractivity contribution in [2.24, 2.45) is 0 Å². The van der Waals surface area contributed by atoms with Gasteiger partial charge < -0.3 is 15.0 Å². The van der Waals surface area contributed by atoms with Crippen molar-refractivity contribution >= 4 is 17.6 Å². The molecule has 5 heteroatoms. The van der Waals surface area contributed by atoms with E-state index in [9.17, 15) is 9.59 Å². The number of nitrogens with zero attached hydrogens (tertiary/aromatic N) is 1. The molecule has 1 aliphatic rings. The van der Waals surface area contributed by atoms with E-state index in [1.165, 1.54) is 30.5 Å². The summed E-state index contributed by atoms with van der Waals surface area (Å²) in [5, 5.41) is 3.26. The van der Waals surface area contributed by atoms with E-state index >= 15 is 0 Å². The second-order valence-electron chi connectivity index (χ2n) is 8.11. The Bertz CT molecular complexity index is 857. The van der Waals surface area contributed by atoms with Crippen LogP contribution in [0.1, 0.15) is 73.5 Å². The molecule has 0 spiro atoms. The largest absolute Gasteiger partial charge is 0.462 e. The molecule has 1 N–H and O–H groups in total. The van der Waals surface area contributed by atoms with Crippen molar-refractivity contribution in [3.05, 3.63) is 65.2 Å². The Morgan fingerprint density at radius 3 is 2.39 bits per heavy atom. The van der Waals surface area contributed by atoms with E-state index < -0.39 is 0 Å². The number of ether oxygens (including phenoxy) is 1. The zero-order chi connectivity index (χ0) is 22.1. The summed E-state index contributed by atoms with van der Waals surface area (Å²) < 4.78 is 5.02. The van der Waals surface area contributed by atoms with Crippen LogP contribution in [-0.2, 0) is 16.0 Å². The second kappa shape index (κ2) is 11.5. The van der Waals surface area contributed by atoms with Crippen LogP contribution in [0.2, 0.25) is 0 Å². The molecule has 166 valence electrons. The van der Waals surface area contributed by atoms with Crippen LogP contribution in [-0.4, -0.2) is 31.6 Å². The van der Waals surface area contributed by atoms with Gasteiger partial charge in [-0.25, -0.2) is 4.79 Å². The van der Waals surface area contributed by atoms with Gasteiger partial charge in [-0.05, 0) is 61.9 Å². The van der Waals surface area contributed by atoms with E-state index in [1.54, 1.807) is 19.1 Å². The predicted molar refractivity (Wildman–Crippen MR) is 124 cm³/mol. The van der Waals surface area contributed by atoms with Gasteiger partial charge in [0.15, 0.2) is 0 Å². The van der Waals surface area contributed by atoms with Crippen LogP contribution in [0.15, 0.2) is 48.5 Å². The quantitative estimate of drug-likeness (QED) is 0.574. The molecule has 0 saturated carbocycles. The highest BCUT2D eigenvalue weighted by Gasteiger charge is 2.21. The average Bonchev–Trinajstić information content (AvgIpc) is 2.80. The topological polar surface area (TPSA) is 58.6 Å². The van der Waals surface area contributed by atoms with E-state index in [1.807, 2.05) is 12.1 Å². The number of anilines is 1. The molecule has 1 saturated heterocycles. The number of carbonyl (C=O) groups is 2. The minimum absolute atomic E-state index is 0.00391. The zero-order valence-electron chi connectivity index (χ0n) is 18.7. The molecule has 1 atom stereocenters. The van der Waals surface area contributed by atoms with Crippen LogP contribution in [0.25, 0.3) is 0 Å². The number of esters is 1. The summed E-state index contributed by atoms with van der Waals surface area (Å²) in [5.74, 6) is -0.341. The van der Waals surface area contributed by atoms with Crippen LogP contribution in [0.4, 0.5) is 5.69 Å². The Balaban J connectivity index is 1.69. The first kappa shape index (κ1) is 22.9. The van der Waals surface area contributed by atoms with Crippen molar-refractivity contribution in [3.63, 3.8) is 0 Å². The van der Waals surface area contributed by atoms with E-state index in [0.29, 0.717) is 12.2 Å². The Hall–Kier alpha value is -2.82. The maximum absolute atomic E-state index is 12.9. The zero-order valence-corrected chi connectivity index (χ0v) is 18.7. The molecule has 1 fully saturated rings. The Kier molecular flexibility index (Phi) is 8.51. The smallest absolute Gasteiger partial charge is 0.338 e. The van der Waals surface area contributed by atoms with Crippen LogP contribution in [0.5, 0.6) is 0 Å². The molecule has 0 bridgehead atoms. The van der Waals surface area contributed by atoms with Gasteiger partial charge in [0.2, 0.25) is 5.91 Å². The highest BCUT2D eigenvalue weighted by Crippen LogP contribution is 2.31. The van der Waals surface area contributed by atoms with E-state index in [0.717, 1.165) is 31.5 Å². The second-order valence-corrected chi connectivity index (χ2v) is 8.11. The van der Waals surface area contributed by atoms with Crippen molar-refractivity contribution in [2.75, 3.05) is 24.6 Å². The average molecular weight is 423 g/mol. The Morgan fingerprint density at radius 2 is 1.71 bits per heavy atom. The Morgan fingerprint density at radius 1 is 1.00 bits per heavy atom. The van der Waals surface area contributed by atoms with Gasteiger partial charge in [-0.1, -0.05) is 43.7 Å². The predicted octanol–water partition coefficient (Wildman–Crippen LogP) is 5.05. The van der Waals surface area contributed by atoms with Gasteiger partial charge in [-0.15, -0.1) is 0 Å². The first-order valence-electron chi connectivity index (χ1n) is 11.5. The van der Waals surface area contributed by atoms with E-state index in [-0.39, 0.29) is 24.3 Å². The van der Waals surface area contributed by atoms with Crippen LogP contribution in [0.3, 0.4) is 0 Å². The van der Waals surface area contributed by atoms with Crippen LogP contribution >= 0.6 is 0 Å². The molecule has 1 amide bonds. The summed E-state index contributed by atoms with van der Waals surface area (Å²) in [6.45, 7) is 6.44. The van der Waals surface area contributed by atoms with Gasteiger partial charge in [0.05, 0.1) is 24.6 Å². The number of amides is 1. The summed E-state index contributed by atoms with van der Waals surface area (Å²) in [5.41, 5.74) is 3.84. The number of para-hydroxylation sites is 1. The molecule has 31 heavy (non-hydrogen) atoms.